The molecule has 0 amide bonds. The molecule has 1 aromatic carbocycles. The molecule has 2 bridgehead atoms. The molecule has 0 saturated carbocycles. The largest absolute Gasteiger partial charge is 0.370 e. The van der Waals surface area contributed by atoms with Gasteiger partial charge in [0.1, 0.15) is 0 Å². The van der Waals surface area contributed by atoms with Crippen molar-refractivity contribution in [3.63, 3.8) is 0 Å². The predicted octanol–water partition coefficient (Wildman–Crippen LogP) is 3.68. The van der Waals surface area contributed by atoms with Gasteiger partial charge in [-0.15, -0.1) is 0 Å². The molecular formula is C17H25NO. The Kier molecular flexibility index (Phi) is 3.90. The van der Waals surface area contributed by atoms with Crippen molar-refractivity contribution in [2.45, 2.75) is 63.8 Å². The standard InChI is InChI=1S/C17H25NO/c1-12(2)17(13-6-4-3-5-7-13)19-16-10-14-8-9-15(11-16)18-14/h3-7,12,14-18H,8-11H2,1-2H3/t14-,15+,16?,17?. The van der Waals surface area contributed by atoms with E-state index in [1.807, 2.05) is 0 Å². The molecule has 2 fully saturated rings. The summed E-state index contributed by atoms with van der Waals surface area (Å²) >= 11 is 0. The van der Waals surface area contributed by atoms with Crippen LogP contribution >= 0.6 is 0 Å². The zero-order valence-corrected chi connectivity index (χ0v) is 12.0. The van der Waals surface area contributed by atoms with Crippen LogP contribution in [0.1, 0.15) is 51.2 Å². The molecule has 3 rings (SSSR count). The van der Waals surface area contributed by atoms with Gasteiger partial charge in [0.05, 0.1) is 12.2 Å². The zero-order chi connectivity index (χ0) is 13.2. The van der Waals surface area contributed by atoms with E-state index >= 15 is 0 Å². The lowest BCUT2D eigenvalue weighted by Crippen LogP contribution is -2.42. The average molecular weight is 259 g/mol. The van der Waals surface area contributed by atoms with Gasteiger partial charge >= 0.3 is 0 Å². The van der Waals surface area contributed by atoms with E-state index in [2.05, 4.69) is 49.5 Å². The molecule has 0 spiro atoms. The lowest BCUT2D eigenvalue weighted by molar-refractivity contribution is -0.0575. The first-order valence-electron chi connectivity index (χ1n) is 7.69. The molecule has 1 aromatic rings. The van der Waals surface area contributed by atoms with Crippen LogP contribution in [-0.2, 0) is 4.74 Å². The summed E-state index contributed by atoms with van der Waals surface area (Å²) in [7, 11) is 0. The highest BCUT2D eigenvalue weighted by Gasteiger charge is 2.35. The summed E-state index contributed by atoms with van der Waals surface area (Å²) in [5.41, 5.74) is 1.32. The summed E-state index contributed by atoms with van der Waals surface area (Å²) in [6.45, 7) is 4.51. The highest BCUT2D eigenvalue weighted by Crippen LogP contribution is 2.34. The second-order valence-corrected chi connectivity index (χ2v) is 6.44. The van der Waals surface area contributed by atoms with E-state index in [-0.39, 0.29) is 6.10 Å². The average Bonchev–Trinajstić information content (AvgIpc) is 2.76. The van der Waals surface area contributed by atoms with E-state index in [1.165, 1.54) is 31.2 Å². The van der Waals surface area contributed by atoms with E-state index in [0.29, 0.717) is 24.1 Å². The molecule has 2 nitrogen and oxygen atoms in total. The second kappa shape index (κ2) is 5.64. The van der Waals surface area contributed by atoms with Crippen LogP contribution in [0.3, 0.4) is 0 Å². The monoisotopic (exact) mass is 259 g/mol. The summed E-state index contributed by atoms with van der Waals surface area (Å²) in [4.78, 5) is 0. The molecule has 0 aromatic heterocycles. The third kappa shape index (κ3) is 3.01. The summed E-state index contributed by atoms with van der Waals surface area (Å²) in [5.74, 6) is 0.523. The van der Waals surface area contributed by atoms with Crippen molar-refractivity contribution in [1.82, 2.24) is 5.32 Å². The maximum Gasteiger partial charge on any atom is 0.0851 e. The quantitative estimate of drug-likeness (QED) is 0.890. The van der Waals surface area contributed by atoms with Crippen LogP contribution in [0, 0.1) is 5.92 Å². The molecule has 0 aliphatic carbocycles. The van der Waals surface area contributed by atoms with Gasteiger partial charge in [0.25, 0.3) is 0 Å². The van der Waals surface area contributed by atoms with Crippen molar-refractivity contribution in [2.75, 3.05) is 0 Å². The van der Waals surface area contributed by atoms with Gasteiger partial charge in [0.2, 0.25) is 0 Å². The number of fused-ring (bicyclic) bond motifs is 2. The molecule has 104 valence electrons. The number of hydrogen-bond acceptors (Lipinski definition) is 2. The van der Waals surface area contributed by atoms with Crippen molar-refractivity contribution >= 4 is 0 Å². The summed E-state index contributed by atoms with van der Waals surface area (Å²) in [6.07, 6.45) is 5.72. The van der Waals surface area contributed by atoms with Gasteiger partial charge in [0.15, 0.2) is 0 Å². The summed E-state index contributed by atoms with van der Waals surface area (Å²) in [6, 6.07) is 12.1. The van der Waals surface area contributed by atoms with Gasteiger partial charge in [-0.1, -0.05) is 44.2 Å². The minimum absolute atomic E-state index is 0.240. The molecule has 4 atom stereocenters. The number of rotatable bonds is 4. The Hall–Kier alpha value is -0.860. The lowest BCUT2D eigenvalue weighted by atomic mass is 9.97. The normalized spacial score (nSPS) is 31.6. The fraction of sp³-hybridized carbons (Fsp3) is 0.647. The summed E-state index contributed by atoms with van der Waals surface area (Å²) in [5, 5.41) is 3.68. The van der Waals surface area contributed by atoms with E-state index in [1.54, 1.807) is 0 Å². The highest BCUT2D eigenvalue weighted by atomic mass is 16.5. The Morgan fingerprint density at radius 3 is 2.26 bits per heavy atom. The smallest absolute Gasteiger partial charge is 0.0851 e. The van der Waals surface area contributed by atoms with E-state index < -0.39 is 0 Å². The molecule has 2 aliphatic rings. The maximum atomic E-state index is 6.48. The minimum atomic E-state index is 0.240. The van der Waals surface area contributed by atoms with Crippen molar-refractivity contribution in [3.8, 4) is 0 Å². The fourth-order valence-corrected chi connectivity index (χ4v) is 3.59. The van der Waals surface area contributed by atoms with Gasteiger partial charge in [-0.05, 0) is 37.2 Å². The molecule has 2 saturated heterocycles. The van der Waals surface area contributed by atoms with Gasteiger partial charge in [-0.25, -0.2) is 0 Å². The van der Waals surface area contributed by atoms with Crippen LogP contribution in [-0.4, -0.2) is 18.2 Å². The molecule has 2 heterocycles. The van der Waals surface area contributed by atoms with E-state index in [9.17, 15) is 0 Å². The van der Waals surface area contributed by atoms with Crippen molar-refractivity contribution in [2.24, 2.45) is 5.92 Å². The summed E-state index contributed by atoms with van der Waals surface area (Å²) < 4.78 is 6.48. The fourth-order valence-electron chi connectivity index (χ4n) is 3.59. The number of benzene rings is 1. The zero-order valence-electron chi connectivity index (χ0n) is 12.0. The van der Waals surface area contributed by atoms with Crippen LogP contribution in [0.5, 0.6) is 0 Å². The Labute approximate surface area is 116 Å². The number of hydrogen-bond donors (Lipinski definition) is 1. The van der Waals surface area contributed by atoms with Crippen LogP contribution in [0.4, 0.5) is 0 Å². The first-order valence-corrected chi connectivity index (χ1v) is 7.69. The van der Waals surface area contributed by atoms with Crippen LogP contribution in [0.15, 0.2) is 30.3 Å². The maximum absolute atomic E-state index is 6.48. The van der Waals surface area contributed by atoms with Crippen LogP contribution in [0.2, 0.25) is 0 Å². The predicted molar refractivity (Wildman–Crippen MR) is 78.1 cm³/mol. The SMILES string of the molecule is CC(C)C(OC1C[C@H]2CC[C@@H](C1)N2)c1ccccc1. The lowest BCUT2D eigenvalue weighted by Gasteiger charge is -2.33. The molecule has 19 heavy (non-hydrogen) atoms. The third-order valence-electron chi connectivity index (χ3n) is 4.50. The molecule has 2 unspecified atom stereocenters. The topological polar surface area (TPSA) is 21.3 Å². The van der Waals surface area contributed by atoms with Gasteiger partial charge in [-0.3, -0.25) is 0 Å². The highest BCUT2D eigenvalue weighted by molar-refractivity contribution is 5.18. The number of ether oxygens (including phenoxy) is 1. The van der Waals surface area contributed by atoms with Crippen molar-refractivity contribution in [3.05, 3.63) is 35.9 Å². The van der Waals surface area contributed by atoms with E-state index in [4.69, 9.17) is 4.74 Å². The minimum Gasteiger partial charge on any atom is -0.370 e. The molecule has 2 aliphatic heterocycles. The van der Waals surface area contributed by atoms with Gasteiger partial charge in [0, 0.05) is 12.1 Å². The molecule has 2 heteroatoms. The number of nitrogens with one attached hydrogen (secondary N) is 1. The first-order chi connectivity index (χ1) is 9.22. The van der Waals surface area contributed by atoms with E-state index in [0.717, 1.165) is 0 Å². The Bertz CT molecular complexity index is 391. The Morgan fingerprint density at radius 2 is 1.68 bits per heavy atom. The molecule has 0 radical (unpaired) electrons. The molecule has 1 N–H and O–H groups in total. The Balaban J connectivity index is 1.68. The van der Waals surface area contributed by atoms with Crippen LogP contribution in [0.25, 0.3) is 0 Å². The first kappa shape index (κ1) is 13.1. The number of piperidine rings is 1. The second-order valence-electron chi connectivity index (χ2n) is 6.44. The Morgan fingerprint density at radius 1 is 1.05 bits per heavy atom. The third-order valence-corrected chi connectivity index (χ3v) is 4.50. The van der Waals surface area contributed by atoms with Gasteiger partial charge in [-0.2, -0.15) is 0 Å². The van der Waals surface area contributed by atoms with Crippen molar-refractivity contribution in [1.29, 1.82) is 0 Å². The van der Waals surface area contributed by atoms with Crippen molar-refractivity contribution < 1.29 is 4.74 Å². The van der Waals surface area contributed by atoms with Crippen LogP contribution < -0.4 is 5.32 Å². The molecular weight excluding hydrogens is 234 g/mol. The van der Waals surface area contributed by atoms with Gasteiger partial charge < -0.3 is 10.1 Å².